The fraction of sp³-hybridized carbons (Fsp3) is 0.417. The van der Waals surface area contributed by atoms with E-state index >= 15 is 0 Å². The van der Waals surface area contributed by atoms with Gasteiger partial charge in [-0.3, -0.25) is 13.9 Å². The number of halogens is 1. The number of nitrogens with one attached hydrogen (secondary N) is 1. The van der Waals surface area contributed by atoms with E-state index in [-0.39, 0.29) is 12.5 Å². The second-order valence-electron chi connectivity index (χ2n) is 7.93. The van der Waals surface area contributed by atoms with Gasteiger partial charge in [-0.1, -0.05) is 60.1 Å². The predicted octanol–water partition coefficient (Wildman–Crippen LogP) is 3.86. The molecule has 0 aliphatic rings. The summed E-state index contributed by atoms with van der Waals surface area (Å²) in [5.41, 5.74) is 2.10. The van der Waals surface area contributed by atoms with E-state index in [1.54, 1.807) is 18.2 Å². The van der Waals surface area contributed by atoms with Gasteiger partial charge in [0, 0.05) is 17.6 Å². The van der Waals surface area contributed by atoms with Crippen molar-refractivity contribution >= 4 is 43.5 Å². The Balaban J connectivity index is 2.41. The highest BCUT2D eigenvalue weighted by atomic mass is 79.9. The number of anilines is 1. The standard InChI is InChI=1S/C24H32BrN3O4S/c1-5-14-26-24(30)22(6-2)27(16-19-10-8-7-9-11-19)23(29)17-28(33(4,31)32)20-12-13-21(25)18(3)15-20/h7-13,15,22H,5-6,14,16-17H2,1-4H3,(H,26,30). The van der Waals surface area contributed by atoms with E-state index < -0.39 is 28.5 Å². The van der Waals surface area contributed by atoms with Crippen LogP contribution >= 0.6 is 15.9 Å². The zero-order chi connectivity index (χ0) is 24.6. The van der Waals surface area contributed by atoms with Crippen LogP contribution < -0.4 is 9.62 Å². The molecule has 2 aromatic rings. The van der Waals surface area contributed by atoms with Crippen LogP contribution in [0.25, 0.3) is 0 Å². The third kappa shape index (κ3) is 7.57. The van der Waals surface area contributed by atoms with Crippen molar-refractivity contribution in [3.8, 4) is 0 Å². The minimum Gasteiger partial charge on any atom is -0.354 e. The molecule has 1 atom stereocenters. The van der Waals surface area contributed by atoms with Crippen molar-refractivity contribution in [3.05, 3.63) is 64.1 Å². The number of hydrogen-bond acceptors (Lipinski definition) is 4. The monoisotopic (exact) mass is 537 g/mol. The maximum absolute atomic E-state index is 13.5. The summed E-state index contributed by atoms with van der Waals surface area (Å²) in [5.74, 6) is -0.683. The van der Waals surface area contributed by atoms with Gasteiger partial charge in [-0.2, -0.15) is 0 Å². The molecular weight excluding hydrogens is 506 g/mol. The van der Waals surface area contributed by atoms with Crippen molar-refractivity contribution in [2.75, 3.05) is 23.7 Å². The Morgan fingerprint density at radius 1 is 1.09 bits per heavy atom. The summed E-state index contributed by atoms with van der Waals surface area (Å²) >= 11 is 3.42. The summed E-state index contributed by atoms with van der Waals surface area (Å²) in [6, 6.07) is 13.8. The first-order valence-corrected chi connectivity index (χ1v) is 13.6. The normalized spacial score (nSPS) is 12.2. The molecule has 0 heterocycles. The molecule has 0 saturated carbocycles. The Morgan fingerprint density at radius 2 is 1.76 bits per heavy atom. The number of benzene rings is 2. The summed E-state index contributed by atoms with van der Waals surface area (Å²) in [4.78, 5) is 27.9. The zero-order valence-corrected chi connectivity index (χ0v) is 21.9. The van der Waals surface area contributed by atoms with Crippen LogP contribution in [-0.4, -0.2) is 50.5 Å². The molecule has 1 N–H and O–H groups in total. The molecule has 2 amide bonds. The summed E-state index contributed by atoms with van der Waals surface area (Å²) in [6.07, 6.45) is 2.26. The Morgan fingerprint density at radius 3 is 2.30 bits per heavy atom. The van der Waals surface area contributed by atoms with Gasteiger partial charge in [-0.05, 0) is 49.1 Å². The Bertz CT molecular complexity index is 1060. The van der Waals surface area contributed by atoms with Gasteiger partial charge >= 0.3 is 0 Å². The molecule has 0 fully saturated rings. The number of carbonyl (C=O) groups excluding carboxylic acids is 2. The first-order valence-electron chi connectivity index (χ1n) is 10.9. The molecule has 2 rings (SSSR count). The summed E-state index contributed by atoms with van der Waals surface area (Å²) in [6.45, 7) is 5.96. The lowest BCUT2D eigenvalue weighted by Crippen LogP contribution is -2.52. The van der Waals surface area contributed by atoms with Gasteiger partial charge in [0.15, 0.2) is 0 Å². The van der Waals surface area contributed by atoms with E-state index in [0.717, 1.165) is 32.6 Å². The molecule has 180 valence electrons. The van der Waals surface area contributed by atoms with Crippen molar-refractivity contribution in [3.63, 3.8) is 0 Å². The minimum atomic E-state index is -3.75. The molecule has 33 heavy (non-hydrogen) atoms. The number of rotatable bonds is 11. The molecule has 0 aliphatic carbocycles. The SMILES string of the molecule is CCCNC(=O)C(CC)N(Cc1ccccc1)C(=O)CN(c1ccc(Br)c(C)c1)S(C)(=O)=O. The zero-order valence-electron chi connectivity index (χ0n) is 19.5. The van der Waals surface area contributed by atoms with Gasteiger partial charge in [-0.15, -0.1) is 0 Å². The van der Waals surface area contributed by atoms with E-state index in [2.05, 4.69) is 21.2 Å². The summed E-state index contributed by atoms with van der Waals surface area (Å²) < 4.78 is 27.2. The molecule has 9 heteroatoms. The van der Waals surface area contributed by atoms with Crippen LogP contribution in [0.2, 0.25) is 0 Å². The van der Waals surface area contributed by atoms with Crippen molar-refractivity contribution in [1.82, 2.24) is 10.2 Å². The van der Waals surface area contributed by atoms with Crippen LogP contribution in [0.1, 0.15) is 37.8 Å². The van der Waals surface area contributed by atoms with Gasteiger partial charge < -0.3 is 10.2 Å². The Labute approximate surface area is 205 Å². The maximum Gasteiger partial charge on any atom is 0.244 e. The number of hydrogen-bond donors (Lipinski definition) is 1. The van der Waals surface area contributed by atoms with Gasteiger partial charge in [0.2, 0.25) is 21.8 Å². The third-order valence-electron chi connectivity index (χ3n) is 5.24. The second kappa shape index (κ2) is 12.2. The highest BCUT2D eigenvalue weighted by molar-refractivity contribution is 9.10. The molecule has 0 radical (unpaired) electrons. The van der Waals surface area contributed by atoms with E-state index in [4.69, 9.17) is 0 Å². The van der Waals surface area contributed by atoms with Crippen molar-refractivity contribution in [2.45, 2.75) is 46.2 Å². The van der Waals surface area contributed by atoms with Gasteiger partial charge in [0.1, 0.15) is 12.6 Å². The molecule has 0 saturated heterocycles. The molecule has 0 bridgehead atoms. The van der Waals surface area contributed by atoms with Crippen LogP contribution in [0.4, 0.5) is 5.69 Å². The number of aryl methyl sites for hydroxylation is 1. The van der Waals surface area contributed by atoms with Crippen LogP contribution in [0, 0.1) is 6.92 Å². The number of sulfonamides is 1. The minimum absolute atomic E-state index is 0.203. The Hall–Kier alpha value is -2.39. The fourth-order valence-electron chi connectivity index (χ4n) is 3.46. The first kappa shape index (κ1) is 26.9. The van der Waals surface area contributed by atoms with E-state index in [9.17, 15) is 18.0 Å². The van der Waals surface area contributed by atoms with E-state index in [1.807, 2.05) is 51.1 Å². The van der Waals surface area contributed by atoms with Gasteiger partial charge in [0.25, 0.3) is 0 Å². The van der Waals surface area contributed by atoms with Gasteiger partial charge in [-0.25, -0.2) is 8.42 Å². The summed E-state index contributed by atoms with van der Waals surface area (Å²) in [7, 11) is -3.75. The quantitative estimate of drug-likeness (QED) is 0.471. The van der Waals surface area contributed by atoms with Crippen LogP contribution in [-0.2, 0) is 26.2 Å². The highest BCUT2D eigenvalue weighted by Crippen LogP contribution is 2.25. The average Bonchev–Trinajstić information content (AvgIpc) is 2.77. The lowest BCUT2D eigenvalue weighted by molar-refractivity contribution is -0.140. The number of nitrogens with zero attached hydrogens (tertiary/aromatic N) is 2. The highest BCUT2D eigenvalue weighted by Gasteiger charge is 2.31. The topological polar surface area (TPSA) is 86.8 Å². The molecule has 0 aromatic heterocycles. The largest absolute Gasteiger partial charge is 0.354 e. The lowest BCUT2D eigenvalue weighted by Gasteiger charge is -2.33. The van der Waals surface area contributed by atoms with Crippen molar-refractivity contribution in [2.24, 2.45) is 0 Å². The molecule has 2 aromatic carbocycles. The van der Waals surface area contributed by atoms with Crippen molar-refractivity contribution in [1.29, 1.82) is 0 Å². The molecule has 7 nitrogen and oxygen atoms in total. The number of carbonyl (C=O) groups is 2. The van der Waals surface area contributed by atoms with Crippen molar-refractivity contribution < 1.29 is 18.0 Å². The first-order chi connectivity index (χ1) is 15.6. The average molecular weight is 539 g/mol. The molecule has 0 aliphatic heterocycles. The van der Waals surface area contributed by atoms with E-state index in [1.165, 1.54) is 4.90 Å². The molecule has 0 spiro atoms. The van der Waals surface area contributed by atoms with Gasteiger partial charge in [0.05, 0.1) is 11.9 Å². The number of amides is 2. The predicted molar refractivity (Wildman–Crippen MR) is 135 cm³/mol. The van der Waals surface area contributed by atoms with Crippen LogP contribution in [0.3, 0.4) is 0 Å². The molecule has 1 unspecified atom stereocenters. The maximum atomic E-state index is 13.5. The van der Waals surface area contributed by atoms with Crippen LogP contribution in [0.15, 0.2) is 53.0 Å². The lowest BCUT2D eigenvalue weighted by atomic mass is 10.1. The molecular formula is C24H32BrN3O4S. The Kier molecular flexibility index (Phi) is 9.91. The summed E-state index contributed by atoms with van der Waals surface area (Å²) in [5, 5.41) is 2.86. The third-order valence-corrected chi connectivity index (χ3v) is 7.27. The fourth-order valence-corrected chi connectivity index (χ4v) is 4.55. The van der Waals surface area contributed by atoms with Crippen LogP contribution in [0.5, 0.6) is 0 Å². The van der Waals surface area contributed by atoms with E-state index in [0.29, 0.717) is 18.7 Å². The second-order valence-corrected chi connectivity index (χ2v) is 10.7. The smallest absolute Gasteiger partial charge is 0.244 e.